The zero-order valence-electron chi connectivity index (χ0n) is 18.1. The predicted octanol–water partition coefficient (Wildman–Crippen LogP) is 0.750. The minimum atomic E-state index is -1.04. The molecule has 0 saturated carbocycles. The number of aliphatic hydroxyl groups excluding tert-OH is 2. The van der Waals surface area contributed by atoms with Crippen molar-refractivity contribution in [3.05, 3.63) is 53.1 Å². The highest BCUT2D eigenvalue weighted by molar-refractivity contribution is 5.96. The lowest BCUT2D eigenvalue weighted by molar-refractivity contribution is -0.133. The molecule has 8 heteroatoms. The van der Waals surface area contributed by atoms with E-state index in [1.54, 1.807) is 12.1 Å². The standard InChI is InChI=1S/C23H30N2O6/c1-14(2)12-19(27)25(9-11-30-3)17-13-16(23(29)24-8-10-26)20-15-6-4-5-7-18(15)31-22(20)21(17)28/h4-7,12-13,17,20-22,26,28H,8-11H2,1-3H3,(H,24,29)/t17-,20+,21+,22+/m1/s1. The summed E-state index contributed by atoms with van der Waals surface area (Å²) in [5.41, 5.74) is 2.05. The number of para-hydroxylation sites is 1. The molecule has 3 N–H and O–H groups in total. The predicted molar refractivity (Wildman–Crippen MR) is 115 cm³/mol. The van der Waals surface area contributed by atoms with Crippen LogP contribution in [-0.4, -0.2) is 78.6 Å². The number of rotatable bonds is 8. The lowest BCUT2D eigenvalue weighted by Gasteiger charge is -2.40. The summed E-state index contributed by atoms with van der Waals surface area (Å²) in [6.07, 6.45) is 1.39. The van der Waals surface area contributed by atoms with Crippen LogP contribution >= 0.6 is 0 Å². The largest absolute Gasteiger partial charge is 0.486 e. The minimum Gasteiger partial charge on any atom is -0.486 e. The van der Waals surface area contributed by atoms with Crippen LogP contribution < -0.4 is 10.1 Å². The molecule has 0 bridgehead atoms. The van der Waals surface area contributed by atoms with Gasteiger partial charge in [-0.1, -0.05) is 23.8 Å². The van der Waals surface area contributed by atoms with Gasteiger partial charge in [-0.25, -0.2) is 0 Å². The van der Waals surface area contributed by atoms with E-state index in [1.807, 2.05) is 32.0 Å². The van der Waals surface area contributed by atoms with Gasteiger partial charge < -0.3 is 29.9 Å². The number of benzene rings is 1. The molecule has 1 aliphatic carbocycles. The highest BCUT2D eigenvalue weighted by Gasteiger charge is 2.50. The number of allylic oxidation sites excluding steroid dienone is 1. The van der Waals surface area contributed by atoms with Crippen LogP contribution in [0, 0.1) is 0 Å². The average molecular weight is 431 g/mol. The normalized spacial score (nSPS) is 23.7. The maximum Gasteiger partial charge on any atom is 0.247 e. The maximum absolute atomic E-state index is 13.0. The van der Waals surface area contributed by atoms with Crippen molar-refractivity contribution in [3.63, 3.8) is 0 Å². The van der Waals surface area contributed by atoms with Crippen LogP contribution in [0.2, 0.25) is 0 Å². The Morgan fingerprint density at radius 3 is 2.71 bits per heavy atom. The van der Waals surface area contributed by atoms with Gasteiger partial charge in [0.1, 0.15) is 18.0 Å². The molecular weight excluding hydrogens is 400 g/mol. The Morgan fingerprint density at radius 1 is 1.29 bits per heavy atom. The van der Waals surface area contributed by atoms with E-state index in [0.717, 1.165) is 11.1 Å². The molecule has 0 saturated heterocycles. The van der Waals surface area contributed by atoms with Crippen molar-refractivity contribution < 1.29 is 29.3 Å². The number of nitrogens with one attached hydrogen (secondary N) is 1. The van der Waals surface area contributed by atoms with Crippen LogP contribution in [0.15, 0.2) is 47.6 Å². The Balaban J connectivity index is 2.04. The number of aliphatic hydroxyl groups is 2. The lowest BCUT2D eigenvalue weighted by Crippen LogP contribution is -2.56. The molecule has 8 nitrogen and oxygen atoms in total. The Labute approximate surface area is 182 Å². The van der Waals surface area contributed by atoms with E-state index in [-0.39, 0.29) is 38.1 Å². The molecule has 168 valence electrons. The molecule has 1 aromatic carbocycles. The summed E-state index contributed by atoms with van der Waals surface area (Å²) in [5, 5.41) is 23.1. The summed E-state index contributed by atoms with van der Waals surface area (Å²) in [6, 6.07) is 6.59. The molecule has 31 heavy (non-hydrogen) atoms. The van der Waals surface area contributed by atoms with E-state index >= 15 is 0 Å². The van der Waals surface area contributed by atoms with Crippen LogP contribution in [-0.2, 0) is 14.3 Å². The van der Waals surface area contributed by atoms with E-state index in [9.17, 15) is 14.7 Å². The third kappa shape index (κ3) is 4.81. The zero-order chi connectivity index (χ0) is 22.5. The molecule has 3 rings (SSSR count). The molecule has 0 aromatic heterocycles. The SMILES string of the molecule is COCCN(C(=O)C=C(C)C)[C@@H]1C=C(C(=O)NCCO)[C@@H]2c3ccccc3O[C@@H]2[C@H]1O. The third-order valence-corrected chi connectivity index (χ3v) is 5.47. The number of fused-ring (bicyclic) bond motifs is 3. The summed E-state index contributed by atoms with van der Waals surface area (Å²) in [7, 11) is 1.54. The molecule has 0 fully saturated rings. The van der Waals surface area contributed by atoms with Gasteiger partial charge in [-0.2, -0.15) is 0 Å². The van der Waals surface area contributed by atoms with Crippen LogP contribution in [0.3, 0.4) is 0 Å². The number of hydrogen-bond donors (Lipinski definition) is 3. The van der Waals surface area contributed by atoms with Gasteiger partial charge in [0, 0.05) is 37.4 Å². The van der Waals surface area contributed by atoms with Crippen molar-refractivity contribution in [3.8, 4) is 5.75 Å². The van der Waals surface area contributed by atoms with Gasteiger partial charge in [-0.15, -0.1) is 0 Å². The van der Waals surface area contributed by atoms with E-state index in [4.69, 9.17) is 14.6 Å². The topological polar surface area (TPSA) is 108 Å². The minimum absolute atomic E-state index is 0.105. The molecule has 0 unspecified atom stereocenters. The van der Waals surface area contributed by atoms with Crippen molar-refractivity contribution in [2.24, 2.45) is 0 Å². The van der Waals surface area contributed by atoms with Crippen molar-refractivity contribution in [2.45, 2.75) is 38.0 Å². The summed E-state index contributed by atoms with van der Waals surface area (Å²) in [6.45, 7) is 4.08. The molecular formula is C23H30N2O6. The fourth-order valence-electron chi connectivity index (χ4n) is 4.12. The van der Waals surface area contributed by atoms with Crippen molar-refractivity contribution >= 4 is 11.8 Å². The molecule has 1 aliphatic heterocycles. The fraction of sp³-hybridized carbons (Fsp3) is 0.478. The smallest absolute Gasteiger partial charge is 0.247 e. The molecule has 1 aromatic rings. The van der Waals surface area contributed by atoms with E-state index in [2.05, 4.69) is 5.32 Å². The number of hydrogen-bond acceptors (Lipinski definition) is 6. The summed E-state index contributed by atoms with van der Waals surface area (Å²) >= 11 is 0. The number of amides is 2. The van der Waals surface area contributed by atoms with Gasteiger partial charge in [0.25, 0.3) is 0 Å². The van der Waals surface area contributed by atoms with Crippen molar-refractivity contribution in [2.75, 3.05) is 33.4 Å². The van der Waals surface area contributed by atoms with Crippen LogP contribution in [0.4, 0.5) is 0 Å². The van der Waals surface area contributed by atoms with Crippen molar-refractivity contribution in [1.29, 1.82) is 0 Å². The second-order valence-corrected chi connectivity index (χ2v) is 7.93. The first kappa shape index (κ1) is 23.0. The summed E-state index contributed by atoms with van der Waals surface area (Å²) in [5.74, 6) is -0.495. The fourth-order valence-corrected chi connectivity index (χ4v) is 4.12. The van der Waals surface area contributed by atoms with Crippen LogP contribution in [0.25, 0.3) is 0 Å². The van der Waals surface area contributed by atoms with Crippen LogP contribution in [0.1, 0.15) is 25.3 Å². The monoisotopic (exact) mass is 430 g/mol. The Kier molecular flexibility index (Phi) is 7.48. The van der Waals surface area contributed by atoms with Gasteiger partial charge in [-0.3, -0.25) is 9.59 Å². The first-order chi connectivity index (χ1) is 14.9. The second-order valence-electron chi connectivity index (χ2n) is 7.93. The Morgan fingerprint density at radius 2 is 2.03 bits per heavy atom. The van der Waals surface area contributed by atoms with Gasteiger partial charge in [0.05, 0.1) is 25.2 Å². The highest BCUT2D eigenvalue weighted by atomic mass is 16.5. The number of carbonyl (C=O) groups excluding carboxylic acids is 2. The maximum atomic E-state index is 13.0. The Bertz CT molecular complexity index is 877. The average Bonchev–Trinajstić information content (AvgIpc) is 3.13. The quantitative estimate of drug-likeness (QED) is 0.526. The van der Waals surface area contributed by atoms with Gasteiger partial charge >= 0.3 is 0 Å². The number of ether oxygens (including phenoxy) is 2. The molecule has 1 heterocycles. The van der Waals surface area contributed by atoms with E-state index in [1.165, 1.54) is 18.1 Å². The number of carbonyl (C=O) groups is 2. The van der Waals surface area contributed by atoms with Crippen molar-refractivity contribution in [1.82, 2.24) is 10.2 Å². The van der Waals surface area contributed by atoms with E-state index < -0.39 is 24.2 Å². The molecule has 2 aliphatic rings. The molecule has 2 amide bonds. The first-order valence-corrected chi connectivity index (χ1v) is 10.4. The molecule has 4 atom stereocenters. The highest BCUT2D eigenvalue weighted by Crippen LogP contribution is 2.47. The lowest BCUT2D eigenvalue weighted by atomic mass is 9.77. The number of methoxy groups -OCH3 is 1. The summed E-state index contributed by atoms with van der Waals surface area (Å²) < 4.78 is 11.2. The van der Waals surface area contributed by atoms with Crippen LogP contribution in [0.5, 0.6) is 5.75 Å². The second kappa shape index (κ2) is 10.1. The van der Waals surface area contributed by atoms with Gasteiger partial charge in [-0.05, 0) is 26.0 Å². The molecule has 0 radical (unpaired) electrons. The number of nitrogens with zero attached hydrogens (tertiary/aromatic N) is 1. The zero-order valence-corrected chi connectivity index (χ0v) is 18.1. The summed E-state index contributed by atoms with van der Waals surface area (Å²) in [4.78, 5) is 27.4. The third-order valence-electron chi connectivity index (χ3n) is 5.47. The van der Waals surface area contributed by atoms with Gasteiger partial charge in [0.15, 0.2) is 0 Å². The Hall–Kier alpha value is -2.68. The first-order valence-electron chi connectivity index (χ1n) is 10.4. The molecule has 0 spiro atoms. The van der Waals surface area contributed by atoms with E-state index in [0.29, 0.717) is 11.3 Å². The van der Waals surface area contributed by atoms with Gasteiger partial charge in [0.2, 0.25) is 11.8 Å².